The van der Waals surface area contributed by atoms with Crippen molar-refractivity contribution in [1.82, 2.24) is 10.2 Å². The summed E-state index contributed by atoms with van der Waals surface area (Å²) in [5.74, 6) is 0.469. The van der Waals surface area contributed by atoms with Crippen LogP contribution >= 0.6 is 0 Å². The minimum Gasteiger partial charge on any atom is -0.396 e. The average molecular weight is 256 g/mol. The van der Waals surface area contributed by atoms with Gasteiger partial charge < -0.3 is 10.4 Å². The van der Waals surface area contributed by atoms with E-state index in [9.17, 15) is 4.79 Å². The molecule has 0 aromatic heterocycles. The Hall–Kier alpha value is -0.610. The van der Waals surface area contributed by atoms with Crippen molar-refractivity contribution in [2.24, 2.45) is 5.92 Å². The summed E-state index contributed by atoms with van der Waals surface area (Å²) in [4.78, 5) is 14.3. The van der Waals surface area contributed by atoms with Gasteiger partial charge in [-0.1, -0.05) is 19.8 Å². The average Bonchev–Trinajstić information content (AvgIpc) is 2.64. The lowest BCUT2D eigenvalue weighted by Gasteiger charge is -2.27. The van der Waals surface area contributed by atoms with Crippen molar-refractivity contribution < 1.29 is 9.90 Å². The number of amides is 1. The Morgan fingerprint density at radius 2 is 1.83 bits per heavy atom. The molecule has 1 rings (SSSR count). The maximum Gasteiger partial charge on any atom is 0.237 e. The van der Waals surface area contributed by atoms with Crippen LogP contribution in [0.3, 0.4) is 0 Å². The van der Waals surface area contributed by atoms with Crippen LogP contribution in [0, 0.1) is 5.92 Å². The number of likely N-dealkylation sites (tertiary alicyclic amines) is 1. The van der Waals surface area contributed by atoms with E-state index in [1.54, 1.807) is 0 Å². The van der Waals surface area contributed by atoms with Gasteiger partial charge in [-0.05, 0) is 45.2 Å². The van der Waals surface area contributed by atoms with Gasteiger partial charge in [-0.3, -0.25) is 9.69 Å². The summed E-state index contributed by atoms with van der Waals surface area (Å²) in [5.41, 5.74) is 0. The van der Waals surface area contributed by atoms with Crippen molar-refractivity contribution in [2.45, 2.75) is 52.0 Å². The van der Waals surface area contributed by atoms with E-state index in [4.69, 9.17) is 5.11 Å². The number of carbonyl (C=O) groups excluding carboxylic acids is 1. The highest BCUT2D eigenvalue weighted by atomic mass is 16.3. The summed E-state index contributed by atoms with van der Waals surface area (Å²) in [7, 11) is 0. The Kier molecular flexibility index (Phi) is 7.28. The molecule has 0 spiro atoms. The Morgan fingerprint density at radius 1 is 1.22 bits per heavy atom. The monoisotopic (exact) mass is 256 g/mol. The minimum atomic E-state index is -0.0237. The number of hydrogen-bond acceptors (Lipinski definition) is 3. The van der Waals surface area contributed by atoms with Crippen molar-refractivity contribution in [3.8, 4) is 0 Å². The SMILES string of the molecule is CC(CCO)CNC(=O)C(C)N1CCCCCC1. The zero-order valence-electron chi connectivity index (χ0n) is 11.8. The van der Waals surface area contributed by atoms with E-state index in [0.717, 1.165) is 19.5 Å². The van der Waals surface area contributed by atoms with Crippen molar-refractivity contribution in [3.63, 3.8) is 0 Å². The van der Waals surface area contributed by atoms with Crippen LogP contribution in [-0.2, 0) is 4.79 Å². The molecule has 0 aromatic carbocycles. The fraction of sp³-hybridized carbons (Fsp3) is 0.929. The number of rotatable bonds is 6. The third kappa shape index (κ3) is 5.36. The van der Waals surface area contributed by atoms with Gasteiger partial charge in [0.1, 0.15) is 0 Å². The number of nitrogens with one attached hydrogen (secondary N) is 1. The van der Waals surface area contributed by atoms with Crippen LogP contribution in [0.1, 0.15) is 46.0 Å². The first-order chi connectivity index (χ1) is 8.65. The van der Waals surface area contributed by atoms with E-state index in [1.165, 1.54) is 25.7 Å². The molecule has 18 heavy (non-hydrogen) atoms. The van der Waals surface area contributed by atoms with Crippen LogP contribution in [0.2, 0.25) is 0 Å². The Balaban J connectivity index is 2.30. The predicted molar refractivity (Wildman–Crippen MR) is 73.4 cm³/mol. The number of hydrogen-bond donors (Lipinski definition) is 2. The van der Waals surface area contributed by atoms with Crippen LogP contribution in [0.4, 0.5) is 0 Å². The van der Waals surface area contributed by atoms with E-state index in [0.29, 0.717) is 12.5 Å². The topological polar surface area (TPSA) is 52.6 Å². The molecular formula is C14H28N2O2. The largest absolute Gasteiger partial charge is 0.396 e. The van der Waals surface area contributed by atoms with Crippen molar-refractivity contribution in [2.75, 3.05) is 26.2 Å². The molecule has 1 heterocycles. The molecule has 1 amide bonds. The second-order valence-corrected chi connectivity index (χ2v) is 5.49. The summed E-state index contributed by atoms with van der Waals surface area (Å²) >= 11 is 0. The van der Waals surface area contributed by atoms with Gasteiger partial charge in [0.15, 0.2) is 0 Å². The van der Waals surface area contributed by atoms with Gasteiger partial charge in [0.05, 0.1) is 6.04 Å². The summed E-state index contributed by atoms with van der Waals surface area (Å²) in [6.07, 6.45) is 5.74. The number of aliphatic hydroxyl groups is 1. The standard InChI is InChI=1S/C14H28N2O2/c1-12(7-10-17)11-15-14(18)13(2)16-8-5-3-4-6-9-16/h12-13,17H,3-11H2,1-2H3,(H,15,18). The predicted octanol–water partition coefficient (Wildman–Crippen LogP) is 1.39. The van der Waals surface area contributed by atoms with Crippen LogP contribution in [-0.4, -0.2) is 48.2 Å². The molecule has 1 fully saturated rings. The highest BCUT2D eigenvalue weighted by molar-refractivity contribution is 5.81. The van der Waals surface area contributed by atoms with E-state index < -0.39 is 0 Å². The lowest BCUT2D eigenvalue weighted by Crippen LogP contribution is -2.46. The normalized spacial score (nSPS) is 21.1. The summed E-state index contributed by atoms with van der Waals surface area (Å²) in [5, 5.41) is 11.8. The maximum atomic E-state index is 12.0. The summed E-state index contributed by atoms with van der Waals surface area (Å²) < 4.78 is 0. The van der Waals surface area contributed by atoms with Crippen LogP contribution in [0.5, 0.6) is 0 Å². The molecule has 106 valence electrons. The molecule has 1 saturated heterocycles. The molecule has 0 aromatic rings. The summed E-state index contributed by atoms with van der Waals surface area (Å²) in [6.45, 7) is 6.99. The first-order valence-corrected chi connectivity index (χ1v) is 7.27. The maximum absolute atomic E-state index is 12.0. The van der Waals surface area contributed by atoms with Gasteiger partial charge in [-0.15, -0.1) is 0 Å². The molecule has 1 aliphatic rings. The molecule has 0 aliphatic carbocycles. The quantitative estimate of drug-likeness (QED) is 0.755. The zero-order valence-corrected chi connectivity index (χ0v) is 11.8. The van der Waals surface area contributed by atoms with E-state index in [2.05, 4.69) is 10.2 Å². The molecule has 0 bridgehead atoms. The van der Waals surface area contributed by atoms with E-state index in [1.807, 2.05) is 13.8 Å². The molecule has 4 nitrogen and oxygen atoms in total. The third-order valence-electron chi connectivity index (χ3n) is 3.81. The van der Waals surface area contributed by atoms with Gasteiger partial charge in [-0.2, -0.15) is 0 Å². The number of nitrogens with zero attached hydrogens (tertiary/aromatic N) is 1. The van der Waals surface area contributed by atoms with Gasteiger partial charge in [0, 0.05) is 13.2 Å². The third-order valence-corrected chi connectivity index (χ3v) is 3.81. The lowest BCUT2D eigenvalue weighted by atomic mass is 10.1. The van der Waals surface area contributed by atoms with Gasteiger partial charge in [0.2, 0.25) is 5.91 Å². The molecule has 0 saturated carbocycles. The smallest absolute Gasteiger partial charge is 0.237 e. The van der Waals surface area contributed by atoms with Crippen molar-refractivity contribution >= 4 is 5.91 Å². The van der Waals surface area contributed by atoms with Crippen molar-refractivity contribution in [3.05, 3.63) is 0 Å². The zero-order chi connectivity index (χ0) is 13.4. The fourth-order valence-corrected chi connectivity index (χ4v) is 2.39. The second kappa shape index (κ2) is 8.48. The highest BCUT2D eigenvalue weighted by Crippen LogP contribution is 2.12. The molecule has 4 heteroatoms. The molecule has 2 unspecified atom stereocenters. The fourth-order valence-electron chi connectivity index (χ4n) is 2.39. The van der Waals surface area contributed by atoms with Crippen LogP contribution in [0.25, 0.3) is 0 Å². The minimum absolute atomic E-state index is 0.0237. The molecule has 2 atom stereocenters. The molecular weight excluding hydrogens is 228 g/mol. The lowest BCUT2D eigenvalue weighted by molar-refractivity contribution is -0.126. The molecule has 0 radical (unpaired) electrons. The highest BCUT2D eigenvalue weighted by Gasteiger charge is 2.21. The van der Waals surface area contributed by atoms with Crippen LogP contribution in [0.15, 0.2) is 0 Å². The number of carbonyl (C=O) groups is 1. The van der Waals surface area contributed by atoms with E-state index in [-0.39, 0.29) is 18.6 Å². The Morgan fingerprint density at radius 3 is 2.39 bits per heavy atom. The van der Waals surface area contributed by atoms with Crippen molar-refractivity contribution in [1.29, 1.82) is 0 Å². The first kappa shape index (κ1) is 15.4. The Bertz CT molecular complexity index is 238. The van der Waals surface area contributed by atoms with E-state index >= 15 is 0 Å². The Labute approximate surface area is 111 Å². The van der Waals surface area contributed by atoms with Gasteiger partial charge in [-0.25, -0.2) is 0 Å². The number of aliphatic hydroxyl groups excluding tert-OH is 1. The van der Waals surface area contributed by atoms with Crippen LogP contribution < -0.4 is 5.32 Å². The first-order valence-electron chi connectivity index (χ1n) is 7.27. The summed E-state index contributed by atoms with van der Waals surface area (Å²) in [6, 6.07) is -0.0237. The van der Waals surface area contributed by atoms with Gasteiger partial charge >= 0.3 is 0 Å². The molecule has 2 N–H and O–H groups in total. The van der Waals surface area contributed by atoms with Gasteiger partial charge in [0.25, 0.3) is 0 Å². The second-order valence-electron chi connectivity index (χ2n) is 5.49. The molecule has 1 aliphatic heterocycles.